The number of rotatable bonds is 3. The Labute approximate surface area is 128 Å². The molecule has 1 atom stereocenters. The molecule has 0 aliphatic carbocycles. The van der Waals surface area contributed by atoms with Crippen molar-refractivity contribution < 1.29 is 19.1 Å². The molecule has 1 aromatic heterocycles. The second-order valence-electron chi connectivity index (χ2n) is 4.36. The van der Waals surface area contributed by atoms with Crippen molar-refractivity contribution in [1.82, 2.24) is 10.6 Å². The van der Waals surface area contributed by atoms with Gasteiger partial charge in [0.2, 0.25) is 0 Å². The Balaban J connectivity index is 1.74. The molecule has 21 heavy (non-hydrogen) atoms. The van der Waals surface area contributed by atoms with Crippen LogP contribution >= 0.6 is 22.9 Å². The van der Waals surface area contributed by atoms with E-state index in [-0.39, 0.29) is 11.5 Å². The van der Waals surface area contributed by atoms with Crippen LogP contribution in [-0.2, 0) is 9.53 Å². The highest BCUT2D eigenvalue weighted by molar-refractivity contribution is 7.21. The molecule has 2 heterocycles. The molecule has 1 aliphatic rings. The van der Waals surface area contributed by atoms with Crippen LogP contribution < -0.4 is 10.6 Å². The first-order valence-electron chi connectivity index (χ1n) is 6.02. The van der Waals surface area contributed by atoms with Crippen LogP contribution in [0.3, 0.4) is 0 Å². The van der Waals surface area contributed by atoms with Crippen molar-refractivity contribution in [1.29, 1.82) is 0 Å². The number of halogens is 1. The van der Waals surface area contributed by atoms with Gasteiger partial charge in [-0.3, -0.25) is 10.1 Å². The normalized spacial score (nSPS) is 17.7. The molecule has 1 aliphatic heterocycles. The van der Waals surface area contributed by atoms with Crippen LogP contribution in [0.25, 0.3) is 10.1 Å². The molecule has 3 amide bonds. The summed E-state index contributed by atoms with van der Waals surface area (Å²) >= 11 is 7.38. The molecule has 108 valence electrons. The number of urea groups is 1. The first-order valence-corrected chi connectivity index (χ1v) is 7.21. The lowest BCUT2D eigenvalue weighted by Gasteiger charge is -2.07. The number of fused-ring (bicyclic) bond motifs is 1. The Morgan fingerprint density at radius 2 is 2.10 bits per heavy atom. The average Bonchev–Trinajstić information content (AvgIpc) is 2.97. The lowest BCUT2D eigenvalue weighted by atomic mass is 10.2. The SMILES string of the molecule is O=C1NC(=O)C(COC(=O)c2sc3ccccc3c2Cl)N1. The van der Waals surface area contributed by atoms with E-state index in [2.05, 4.69) is 10.6 Å². The summed E-state index contributed by atoms with van der Waals surface area (Å²) < 4.78 is 5.93. The number of nitrogens with one attached hydrogen (secondary N) is 2. The van der Waals surface area contributed by atoms with Crippen LogP contribution in [0.15, 0.2) is 24.3 Å². The highest BCUT2D eigenvalue weighted by Gasteiger charge is 2.31. The maximum Gasteiger partial charge on any atom is 0.349 e. The summed E-state index contributed by atoms with van der Waals surface area (Å²) in [5.74, 6) is -1.13. The number of carbonyl (C=O) groups excluding carboxylic acids is 3. The van der Waals surface area contributed by atoms with Gasteiger partial charge in [0.25, 0.3) is 5.91 Å². The van der Waals surface area contributed by atoms with Crippen LogP contribution in [-0.4, -0.2) is 30.6 Å². The number of esters is 1. The molecule has 0 saturated carbocycles. The summed E-state index contributed by atoms with van der Waals surface area (Å²) in [6, 6.07) is 5.88. The zero-order valence-corrected chi connectivity index (χ0v) is 12.1. The van der Waals surface area contributed by atoms with Crippen molar-refractivity contribution in [3.8, 4) is 0 Å². The molecule has 8 heteroatoms. The molecule has 1 unspecified atom stereocenters. The molecule has 3 rings (SSSR count). The number of carbonyl (C=O) groups is 3. The van der Waals surface area contributed by atoms with E-state index in [0.717, 1.165) is 10.1 Å². The van der Waals surface area contributed by atoms with Crippen LogP contribution in [0.5, 0.6) is 0 Å². The lowest BCUT2D eigenvalue weighted by molar-refractivity contribution is -0.120. The van der Waals surface area contributed by atoms with E-state index in [9.17, 15) is 14.4 Å². The monoisotopic (exact) mass is 324 g/mol. The highest BCUT2D eigenvalue weighted by atomic mass is 35.5. The predicted octanol–water partition coefficient (Wildman–Crippen LogP) is 1.92. The van der Waals surface area contributed by atoms with Gasteiger partial charge in [-0.05, 0) is 6.07 Å². The van der Waals surface area contributed by atoms with Gasteiger partial charge < -0.3 is 10.1 Å². The van der Waals surface area contributed by atoms with E-state index < -0.39 is 23.9 Å². The number of amides is 3. The van der Waals surface area contributed by atoms with Crippen LogP contribution in [0.1, 0.15) is 9.67 Å². The van der Waals surface area contributed by atoms with Crippen molar-refractivity contribution in [2.24, 2.45) is 0 Å². The van der Waals surface area contributed by atoms with Crippen molar-refractivity contribution in [3.63, 3.8) is 0 Å². The maximum absolute atomic E-state index is 12.0. The van der Waals surface area contributed by atoms with Gasteiger partial charge in [-0.2, -0.15) is 0 Å². The van der Waals surface area contributed by atoms with E-state index in [1.54, 1.807) is 0 Å². The molecule has 6 nitrogen and oxygen atoms in total. The number of hydrogen-bond acceptors (Lipinski definition) is 5. The summed E-state index contributed by atoms with van der Waals surface area (Å²) in [5, 5.41) is 5.52. The topological polar surface area (TPSA) is 84.5 Å². The molecule has 0 bridgehead atoms. The van der Waals surface area contributed by atoms with Gasteiger partial charge in [-0.15, -0.1) is 11.3 Å². The van der Waals surface area contributed by atoms with E-state index in [1.807, 2.05) is 24.3 Å². The van der Waals surface area contributed by atoms with Crippen LogP contribution in [0.2, 0.25) is 5.02 Å². The lowest BCUT2D eigenvalue weighted by Crippen LogP contribution is -2.34. The van der Waals surface area contributed by atoms with Gasteiger partial charge >= 0.3 is 12.0 Å². The maximum atomic E-state index is 12.0. The summed E-state index contributed by atoms with van der Waals surface area (Å²) in [4.78, 5) is 34.6. The summed E-state index contributed by atoms with van der Waals surface area (Å²) in [5.41, 5.74) is 0. The third-order valence-electron chi connectivity index (χ3n) is 2.96. The molecule has 1 fully saturated rings. The predicted molar refractivity (Wildman–Crippen MR) is 77.6 cm³/mol. The molecule has 1 saturated heterocycles. The zero-order valence-electron chi connectivity index (χ0n) is 10.5. The molecule has 0 spiro atoms. The minimum absolute atomic E-state index is 0.235. The molecular formula is C13H9ClN2O4S. The Morgan fingerprint density at radius 3 is 2.76 bits per heavy atom. The smallest absolute Gasteiger partial charge is 0.349 e. The van der Waals surface area contributed by atoms with E-state index in [4.69, 9.17) is 16.3 Å². The number of ether oxygens (including phenoxy) is 1. The van der Waals surface area contributed by atoms with Crippen molar-refractivity contribution in [2.45, 2.75) is 6.04 Å². The quantitative estimate of drug-likeness (QED) is 0.667. The van der Waals surface area contributed by atoms with Crippen molar-refractivity contribution in [3.05, 3.63) is 34.2 Å². The summed E-state index contributed by atoms with van der Waals surface area (Å²) in [6.45, 7) is -0.235. The van der Waals surface area contributed by atoms with E-state index in [1.165, 1.54) is 11.3 Å². The standard InChI is InChI=1S/C13H9ClN2O4S/c14-9-6-3-1-2-4-8(6)21-10(9)12(18)20-5-7-11(17)16-13(19)15-7/h1-4,7H,5H2,(H2,15,16,17,19). The van der Waals surface area contributed by atoms with Gasteiger partial charge in [-0.25, -0.2) is 9.59 Å². The minimum atomic E-state index is -0.866. The molecule has 1 aromatic carbocycles. The fourth-order valence-corrected chi connectivity index (χ4v) is 3.35. The minimum Gasteiger partial charge on any atom is -0.459 e. The largest absolute Gasteiger partial charge is 0.459 e. The van der Waals surface area contributed by atoms with Gasteiger partial charge in [0.05, 0.1) is 5.02 Å². The highest BCUT2D eigenvalue weighted by Crippen LogP contribution is 2.35. The van der Waals surface area contributed by atoms with Crippen LogP contribution in [0.4, 0.5) is 4.79 Å². The first kappa shape index (κ1) is 13.8. The fourth-order valence-electron chi connectivity index (χ4n) is 1.95. The van der Waals surface area contributed by atoms with E-state index in [0.29, 0.717) is 5.02 Å². The van der Waals surface area contributed by atoms with Crippen molar-refractivity contribution >= 4 is 50.9 Å². The third kappa shape index (κ3) is 2.57. The average molecular weight is 325 g/mol. The van der Waals surface area contributed by atoms with Crippen LogP contribution in [0, 0.1) is 0 Å². The number of benzene rings is 1. The van der Waals surface area contributed by atoms with Gasteiger partial charge in [-0.1, -0.05) is 29.8 Å². The first-order chi connectivity index (χ1) is 10.1. The summed E-state index contributed by atoms with van der Waals surface area (Å²) in [6.07, 6.45) is 0. The Bertz CT molecular complexity index is 758. The molecular weight excluding hydrogens is 316 g/mol. The zero-order chi connectivity index (χ0) is 15.0. The number of hydrogen-bond donors (Lipinski definition) is 2. The van der Waals surface area contributed by atoms with Gasteiger partial charge in [0.1, 0.15) is 17.5 Å². The number of thiophene rings is 1. The second kappa shape index (κ2) is 5.34. The molecule has 0 radical (unpaired) electrons. The second-order valence-corrected chi connectivity index (χ2v) is 5.79. The van der Waals surface area contributed by atoms with Gasteiger partial charge in [0.15, 0.2) is 0 Å². The molecule has 2 aromatic rings. The Morgan fingerprint density at radius 1 is 1.33 bits per heavy atom. The fraction of sp³-hybridized carbons (Fsp3) is 0.154. The third-order valence-corrected chi connectivity index (χ3v) is 4.62. The Hall–Kier alpha value is -2.12. The van der Waals surface area contributed by atoms with Gasteiger partial charge in [0, 0.05) is 10.1 Å². The summed E-state index contributed by atoms with van der Waals surface area (Å²) in [7, 11) is 0. The number of imide groups is 1. The van der Waals surface area contributed by atoms with Crippen molar-refractivity contribution in [2.75, 3.05) is 6.61 Å². The molecule has 2 N–H and O–H groups in total. The Kier molecular flexibility index (Phi) is 3.52. The van der Waals surface area contributed by atoms with E-state index >= 15 is 0 Å².